The monoisotopic (exact) mass is 526 g/mol. The summed E-state index contributed by atoms with van der Waals surface area (Å²) in [6, 6.07) is 12.5. The molecule has 3 rings (SSSR count). The minimum Gasteiger partial charge on any atom is -0.379 e. The number of nitrogens with one attached hydrogen (secondary N) is 5. The smallest absolute Gasteiger partial charge is 0.240 e. The fraction of sp³-hybridized carbons (Fsp3) is 0.320. The Labute approximate surface area is 219 Å². The highest BCUT2D eigenvalue weighted by atomic mass is 32.1. The zero-order chi connectivity index (χ0) is 26.8. The summed E-state index contributed by atoms with van der Waals surface area (Å²) >= 11 is 3.84. The van der Waals surface area contributed by atoms with Crippen LogP contribution in [0.5, 0.6) is 0 Å². The molecule has 4 amide bonds. The first-order valence-corrected chi connectivity index (χ1v) is 12.3. The average molecular weight is 527 g/mol. The average Bonchev–Trinajstić information content (AvgIpc) is 3.52. The third-order valence-corrected chi connectivity index (χ3v) is 6.02. The molecule has 0 bridgehead atoms. The molecule has 1 aromatic heterocycles. The van der Waals surface area contributed by atoms with Crippen LogP contribution < -0.4 is 26.6 Å². The molecule has 12 heteroatoms. The fourth-order valence-electron chi connectivity index (χ4n) is 3.83. The van der Waals surface area contributed by atoms with E-state index in [9.17, 15) is 24.0 Å². The highest BCUT2D eigenvalue weighted by Crippen LogP contribution is 2.31. The summed E-state index contributed by atoms with van der Waals surface area (Å²) in [5, 5.41) is 12.9. The van der Waals surface area contributed by atoms with Gasteiger partial charge in [0.15, 0.2) is 0 Å². The van der Waals surface area contributed by atoms with E-state index in [1.165, 1.54) is 0 Å². The van der Waals surface area contributed by atoms with E-state index >= 15 is 0 Å². The molecule has 1 unspecified atom stereocenters. The van der Waals surface area contributed by atoms with Crippen LogP contribution in [0.4, 0.5) is 0 Å². The van der Waals surface area contributed by atoms with Crippen molar-refractivity contribution >= 4 is 42.0 Å². The second-order valence-corrected chi connectivity index (χ2v) is 8.63. The van der Waals surface area contributed by atoms with Gasteiger partial charge in [-0.25, -0.2) is 0 Å². The van der Waals surface area contributed by atoms with Gasteiger partial charge in [-0.2, -0.15) is 12.6 Å². The van der Waals surface area contributed by atoms with Gasteiger partial charge in [0.05, 0.1) is 43.7 Å². The van der Waals surface area contributed by atoms with Gasteiger partial charge < -0.3 is 31.2 Å². The predicted molar refractivity (Wildman–Crippen MR) is 140 cm³/mol. The molecule has 1 aliphatic rings. The van der Waals surface area contributed by atoms with Crippen LogP contribution >= 0.6 is 12.6 Å². The van der Waals surface area contributed by atoms with Gasteiger partial charge in [0, 0.05) is 23.5 Å². The molecule has 0 radical (unpaired) electrons. The van der Waals surface area contributed by atoms with Crippen molar-refractivity contribution in [2.24, 2.45) is 0 Å². The van der Waals surface area contributed by atoms with E-state index in [0.717, 1.165) is 5.69 Å². The van der Waals surface area contributed by atoms with Gasteiger partial charge in [-0.3, -0.25) is 24.0 Å². The second kappa shape index (κ2) is 13.3. The molecular formula is C25H30N6O5S. The maximum atomic E-state index is 12.8. The third-order valence-electron chi connectivity index (χ3n) is 5.73. The zero-order valence-corrected chi connectivity index (χ0v) is 21.1. The van der Waals surface area contributed by atoms with Crippen LogP contribution in [0.1, 0.15) is 34.1 Å². The third kappa shape index (κ3) is 7.71. The van der Waals surface area contributed by atoms with E-state index < -0.39 is 17.7 Å². The van der Waals surface area contributed by atoms with Crippen molar-refractivity contribution in [1.29, 1.82) is 0 Å². The number of ketones is 1. The van der Waals surface area contributed by atoms with Crippen LogP contribution in [-0.4, -0.2) is 66.0 Å². The maximum absolute atomic E-state index is 12.8. The Morgan fingerprint density at radius 2 is 1.51 bits per heavy atom. The first-order chi connectivity index (χ1) is 17.8. The van der Waals surface area contributed by atoms with Crippen LogP contribution in [-0.2, 0) is 25.7 Å². The lowest BCUT2D eigenvalue weighted by molar-refractivity contribution is -0.126. The molecule has 2 aromatic rings. The number of nitrogens with zero attached hydrogens (tertiary/aromatic N) is 1. The van der Waals surface area contributed by atoms with Crippen molar-refractivity contribution in [1.82, 2.24) is 31.2 Å². The number of amides is 4. The number of aromatic nitrogens is 1. The highest BCUT2D eigenvalue weighted by molar-refractivity contribution is 7.81. The zero-order valence-electron chi connectivity index (χ0n) is 20.2. The van der Waals surface area contributed by atoms with Crippen LogP contribution in [0, 0.1) is 0 Å². The molecular weight excluding hydrogens is 496 g/mol. The molecule has 5 N–H and O–H groups in total. The molecule has 1 aliphatic heterocycles. The predicted octanol–water partition coefficient (Wildman–Crippen LogP) is -0.338. The van der Waals surface area contributed by atoms with Crippen LogP contribution in [0.15, 0.2) is 54.7 Å². The lowest BCUT2D eigenvalue weighted by atomic mass is 10.0. The Kier molecular flexibility index (Phi) is 9.90. The molecule has 0 spiro atoms. The minimum absolute atomic E-state index is 0.0498. The van der Waals surface area contributed by atoms with Crippen molar-refractivity contribution in [3.63, 3.8) is 0 Å². The van der Waals surface area contributed by atoms with E-state index in [1.54, 1.807) is 36.4 Å². The number of rotatable bonds is 13. The van der Waals surface area contributed by atoms with Gasteiger partial charge in [-0.15, -0.1) is 0 Å². The highest BCUT2D eigenvalue weighted by Gasteiger charge is 2.31. The topological polar surface area (TPSA) is 150 Å². The summed E-state index contributed by atoms with van der Waals surface area (Å²) in [5.41, 5.74) is 2.33. The van der Waals surface area contributed by atoms with Crippen molar-refractivity contribution in [3.8, 4) is 0 Å². The molecule has 0 fully saturated rings. The summed E-state index contributed by atoms with van der Waals surface area (Å²) < 4.78 is 1.87. The van der Waals surface area contributed by atoms with Gasteiger partial charge >= 0.3 is 0 Å². The van der Waals surface area contributed by atoms with Gasteiger partial charge in [0.25, 0.3) is 0 Å². The van der Waals surface area contributed by atoms with Crippen LogP contribution in [0.25, 0.3) is 0 Å². The molecule has 2 heterocycles. The number of hydrogen-bond donors (Lipinski definition) is 6. The largest absolute Gasteiger partial charge is 0.379 e. The van der Waals surface area contributed by atoms with Crippen molar-refractivity contribution in [2.45, 2.75) is 18.9 Å². The molecule has 0 saturated heterocycles. The molecule has 1 atom stereocenters. The molecule has 11 nitrogen and oxygen atoms in total. The Hall–Kier alpha value is -4.06. The van der Waals surface area contributed by atoms with E-state index in [1.807, 2.05) is 10.6 Å². The number of carbonyl (C=O) groups excluding carboxylic acids is 5. The van der Waals surface area contributed by atoms with E-state index in [0.29, 0.717) is 29.9 Å². The van der Waals surface area contributed by atoms with Gasteiger partial charge in [-0.05, 0) is 18.6 Å². The van der Waals surface area contributed by atoms with E-state index in [-0.39, 0.29) is 49.7 Å². The molecule has 196 valence electrons. The molecule has 1 aromatic carbocycles. The maximum Gasteiger partial charge on any atom is 0.240 e. The lowest BCUT2D eigenvalue weighted by Gasteiger charge is -2.13. The SMILES string of the molecule is C=C(CNC(=O)CS)NCC(=O)NCC(=O)NCNC(=O)C1CCn2c(C(=O)c3ccccc3)ccc21. The van der Waals surface area contributed by atoms with Crippen molar-refractivity contribution in [2.75, 3.05) is 32.1 Å². The van der Waals surface area contributed by atoms with Crippen molar-refractivity contribution < 1.29 is 24.0 Å². The van der Waals surface area contributed by atoms with Crippen LogP contribution in [0.3, 0.4) is 0 Å². The first kappa shape index (κ1) is 27.5. The van der Waals surface area contributed by atoms with Gasteiger partial charge in [-0.1, -0.05) is 36.9 Å². The number of thiol groups is 1. The lowest BCUT2D eigenvalue weighted by Crippen LogP contribution is -2.45. The van der Waals surface area contributed by atoms with Gasteiger partial charge in [0.1, 0.15) is 0 Å². The summed E-state index contributed by atoms with van der Waals surface area (Å²) in [4.78, 5) is 60.5. The number of benzene rings is 1. The summed E-state index contributed by atoms with van der Waals surface area (Å²) in [6.07, 6.45) is 0.553. The Balaban J connectivity index is 1.36. The number of fused-ring (bicyclic) bond motifs is 1. The second-order valence-electron chi connectivity index (χ2n) is 8.32. The van der Waals surface area contributed by atoms with Gasteiger partial charge in [0.2, 0.25) is 29.4 Å². The molecule has 0 saturated carbocycles. The van der Waals surface area contributed by atoms with E-state index in [4.69, 9.17) is 0 Å². The summed E-state index contributed by atoms with van der Waals surface area (Å²) in [6.45, 7) is 3.91. The molecule has 0 aliphatic carbocycles. The fourth-order valence-corrected chi connectivity index (χ4v) is 3.94. The minimum atomic E-state index is -0.473. The number of carbonyl (C=O) groups is 5. The van der Waals surface area contributed by atoms with E-state index in [2.05, 4.69) is 45.8 Å². The quantitative estimate of drug-likeness (QED) is 0.119. The Bertz CT molecular complexity index is 1180. The Morgan fingerprint density at radius 1 is 0.838 bits per heavy atom. The normalized spacial score (nSPS) is 13.7. The first-order valence-electron chi connectivity index (χ1n) is 11.7. The van der Waals surface area contributed by atoms with Crippen molar-refractivity contribution in [3.05, 3.63) is 71.7 Å². The van der Waals surface area contributed by atoms with Crippen LogP contribution in [0.2, 0.25) is 0 Å². The Morgan fingerprint density at radius 3 is 2.24 bits per heavy atom. The summed E-state index contributed by atoms with van der Waals surface area (Å²) in [7, 11) is 0. The number of hydrogen-bond acceptors (Lipinski definition) is 7. The summed E-state index contributed by atoms with van der Waals surface area (Å²) in [5.74, 6) is -1.90. The standard InChI is InChI=1S/C25H30N6O5S/c1-16(11-27-23(34)14-37)26-12-21(32)28-13-22(33)29-15-30-25(36)18-9-10-31-19(18)7-8-20(31)24(35)17-5-3-2-4-6-17/h2-8,18,26,37H,1,9-15H2,(H,27,34)(H,28,32)(H,29,33)(H,30,36). The molecule has 37 heavy (non-hydrogen) atoms.